The van der Waals surface area contributed by atoms with E-state index >= 15 is 0 Å². The first-order valence-electron chi connectivity index (χ1n) is 9.39. The Bertz CT molecular complexity index is 826. The lowest BCUT2D eigenvalue weighted by molar-refractivity contribution is 0.181. The summed E-state index contributed by atoms with van der Waals surface area (Å²) in [6.45, 7) is 3.69. The Morgan fingerprint density at radius 2 is 2.08 bits per heavy atom. The van der Waals surface area contributed by atoms with Gasteiger partial charge in [-0.25, -0.2) is 9.97 Å². The quantitative estimate of drug-likeness (QED) is 0.708. The number of imidazole rings is 2. The number of ether oxygens (including phenoxy) is 1. The number of aromatic nitrogens is 5. The molecule has 2 atom stereocenters. The van der Waals surface area contributed by atoms with Gasteiger partial charge in [0.05, 0.1) is 25.5 Å². The molecule has 4 rings (SSSR count). The van der Waals surface area contributed by atoms with E-state index in [2.05, 4.69) is 49.8 Å². The Kier molecular flexibility index (Phi) is 5.11. The molecule has 0 aliphatic carbocycles. The van der Waals surface area contributed by atoms with E-state index in [4.69, 9.17) is 4.74 Å². The van der Waals surface area contributed by atoms with Crippen LogP contribution in [0.5, 0.6) is 0 Å². The van der Waals surface area contributed by atoms with Crippen molar-refractivity contribution in [2.75, 3.05) is 13.2 Å². The van der Waals surface area contributed by atoms with E-state index in [0.717, 1.165) is 49.8 Å². The van der Waals surface area contributed by atoms with E-state index in [1.165, 1.54) is 12.0 Å². The van der Waals surface area contributed by atoms with Crippen LogP contribution in [-0.4, -0.2) is 37.7 Å². The molecule has 6 nitrogen and oxygen atoms in total. The molecule has 1 aliphatic rings. The average molecular weight is 351 g/mol. The second-order valence-corrected chi connectivity index (χ2v) is 6.93. The minimum absolute atomic E-state index is 0.281. The summed E-state index contributed by atoms with van der Waals surface area (Å²) in [5.41, 5.74) is 2.28. The maximum atomic E-state index is 5.82. The molecule has 0 spiro atoms. The molecule has 26 heavy (non-hydrogen) atoms. The fourth-order valence-electron chi connectivity index (χ4n) is 3.65. The van der Waals surface area contributed by atoms with Crippen LogP contribution in [0.4, 0.5) is 0 Å². The maximum Gasteiger partial charge on any atom is 0.158 e. The van der Waals surface area contributed by atoms with Gasteiger partial charge in [0.25, 0.3) is 0 Å². The number of pyridine rings is 1. The van der Waals surface area contributed by atoms with E-state index < -0.39 is 0 Å². The summed E-state index contributed by atoms with van der Waals surface area (Å²) in [5.74, 6) is 2.40. The molecular formula is C20H25N5O. The number of unbranched alkanes of at least 4 members (excludes halogenated alkanes) is 1. The molecule has 6 heteroatoms. The van der Waals surface area contributed by atoms with Gasteiger partial charge in [-0.1, -0.05) is 13.3 Å². The van der Waals surface area contributed by atoms with E-state index in [-0.39, 0.29) is 6.04 Å². The molecule has 136 valence electrons. The van der Waals surface area contributed by atoms with E-state index in [0.29, 0.717) is 5.92 Å². The second kappa shape index (κ2) is 7.83. The molecule has 3 aromatic heterocycles. The van der Waals surface area contributed by atoms with Crippen molar-refractivity contribution in [3.8, 4) is 11.5 Å². The SMILES string of the molecule is CCCCc1ncc(-c2nccn2[C@@H]2COC[C@H]2Cc2ccncc2)[nH]1. The normalized spacial score (nSPS) is 19.9. The number of rotatable bonds is 7. The van der Waals surface area contributed by atoms with Gasteiger partial charge in [0.2, 0.25) is 0 Å². The van der Waals surface area contributed by atoms with Crippen LogP contribution in [0.2, 0.25) is 0 Å². The number of nitrogens with zero attached hydrogens (tertiary/aromatic N) is 4. The number of nitrogens with one attached hydrogen (secondary N) is 1. The predicted molar refractivity (Wildman–Crippen MR) is 99.7 cm³/mol. The smallest absolute Gasteiger partial charge is 0.158 e. The molecule has 0 amide bonds. The standard InChI is InChI=1S/C20H25N5O/c1-2-3-4-19-23-12-17(24-19)20-22-9-10-25(20)18-14-26-13-16(18)11-15-5-7-21-8-6-15/h5-10,12,16,18H,2-4,11,13-14H2,1H3,(H,23,24)/t16-,18-/m1/s1. The van der Waals surface area contributed by atoms with Gasteiger partial charge in [0.1, 0.15) is 11.5 Å². The molecule has 0 saturated carbocycles. The van der Waals surface area contributed by atoms with E-state index in [1.807, 2.05) is 24.8 Å². The zero-order valence-electron chi connectivity index (χ0n) is 15.1. The molecule has 1 saturated heterocycles. The molecule has 1 aliphatic heterocycles. The summed E-state index contributed by atoms with van der Waals surface area (Å²) in [4.78, 5) is 16.7. The van der Waals surface area contributed by atoms with Crippen molar-refractivity contribution >= 4 is 0 Å². The Morgan fingerprint density at radius 3 is 2.92 bits per heavy atom. The third-order valence-corrected chi connectivity index (χ3v) is 5.07. The van der Waals surface area contributed by atoms with Crippen molar-refractivity contribution in [2.45, 2.75) is 38.6 Å². The lowest BCUT2D eigenvalue weighted by Crippen LogP contribution is -2.20. The molecule has 1 N–H and O–H groups in total. The van der Waals surface area contributed by atoms with Gasteiger partial charge in [-0.2, -0.15) is 0 Å². The fourth-order valence-corrected chi connectivity index (χ4v) is 3.65. The molecule has 0 radical (unpaired) electrons. The molecule has 0 aromatic carbocycles. The van der Waals surface area contributed by atoms with Crippen LogP contribution in [0.1, 0.15) is 37.2 Å². The summed E-state index contributed by atoms with van der Waals surface area (Å²) < 4.78 is 8.07. The summed E-state index contributed by atoms with van der Waals surface area (Å²) in [6.07, 6.45) is 13.8. The number of aryl methyl sites for hydroxylation is 1. The third kappa shape index (κ3) is 3.55. The average Bonchev–Trinajstić information content (AvgIpc) is 3.40. The van der Waals surface area contributed by atoms with Gasteiger partial charge in [0.15, 0.2) is 5.82 Å². The van der Waals surface area contributed by atoms with Crippen LogP contribution in [0.3, 0.4) is 0 Å². The Balaban J connectivity index is 1.54. The molecule has 0 bridgehead atoms. The van der Waals surface area contributed by atoms with Crippen LogP contribution in [0.15, 0.2) is 43.1 Å². The minimum Gasteiger partial charge on any atom is -0.379 e. The van der Waals surface area contributed by atoms with Gasteiger partial charge < -0.3 is 14.3 Å². The van der Waals surface area contributed by atoms with Crippen LogP contribution in [0, 0.1) is 5.92 Å². The first-order chi connectivity index (χ1) is 12.8. The lowest BCUT2D eigenvalue weighted by Gasteiger charge is -2.21. The Morgan fingerprint density at radius 1 is 1.19 bits per heavy atom. The molecule has 1 fully saturated rings. The number of H-pyrrole nitrogens is 1. The predicted octanol–water partition coefficient (Wildman–Crippen LogP) is 3.44. The fraction of sp³-hybridized carbons (Fsp3) is 0.450. The first kappa shape index (κ1) is 17.0. The van der Waals surface area contributed by atoms with Crippen molar-refractivity contribution in [3.05, 3.63) is 54.5 Å². The summed E-state index contributed by atoms with van der Waals surface area (Å²) in [6, 6.07) is 4.45. The highest BCUT2D eigenvalue weighted by atomic mass is 16.5. The Labute approximate surface area is 153 Å². The van der Waals surface area contributed by atoms with E-state index in [1.54, 1.807) is 0 Å². The lowest BCUT2D eigenvalue weighted by atomic mass is 9.95. The maximum absolute atomic E-state index is 5.82. The van der Waals surface area contributed by atoms with Crippen LogP contribution in [0.25, 0.3) is 11.5 Å². The van der Waals surface area contributed by atoms with Gasteiger partial charge in [0, 0.05) is 37.1 Å². The number of aromatic amines is 1. The zero-order chi connectivity index (χ0) is 17.8. The molecule has 4 heterocycles. The molecule has 0 unspecified atom stereocenters. The number of hydrogen-bond donors (Lipinski definition) is 1. The zero-order valence-corrected chi connectivity index (χ0v) is 15.1. The summed E-state index contributed by atoms with van der Waals surface area (Å²) in [7, 11) is 0. The highest BCUT2D eigenvalue weighted by Gasteiger charge is 2.31. The van der Waals surface area contributed by atoms with Crippen molar-refractivity contribution < 1.29 is 4.74 Å². The van der Waals surface area contributed by atoms with E-state index in [9.17, 15) is 0 Å². The largest absolute Gasteiger partial charge is 0.379 e. The van der Waals surface area contributed by atoms with Crippen molar-refractivity contribution in [3.63, 3.8) is 0 Å². The van der Waals surface area contributed by atoms with Crippen LogP contribution < -0.4 is 0 Å². The first-order valence-corrected chi connectivity index (χ1v) is 9.39. The highest BCUT2D eigenvalue weighted by Crippen LogP contribution is 2.32. The molecule has 3 aromatic rings. The van der Waals surface area contributed by atoms with Gasteiger partial charge in [-0.05, 0) is 30.5 Å². The second-order valence-electron chi connectivity index (χ2n) is 6.93. The number of hydrogen-bond acceptors (Lipinski definition) is 4. The monoisotopic (exact) mass is 351 g/mol. The summed E-state index contributed by atoms with van der Waals surface area (Å²) >= 11 is 0. The summed E-state index contributed by atoms with van der Waals surface area (Å²) in [5, 5.41) is 0. The van der Waals surface area contributed by atoms with Gasteiger partial charge in [-0.3, -0.25) is 4.98 Å². The highest BCUT2D eigenvalue weighted by molar-refractivity contribution is 5.49. The van der Waals surface area contributed by atoms with Crippen LogP contribution >= 0.6 is 0 Å². The van der Waals surface area contributed by atoms with Crippen LogP contribution in [-0.2, 0) is 17.6 Å². The molecular weight excluding hydrogens is 326 g/mol. The topological polar surface area (TPSA) is 68.6 Å². The third-order valence-electron chi connectivity index (χ3n) is 5.07. The van der Waals surface area contributed by atoms with Gasteiger partial charge in [-0.15, -0.1) is 0 Å². The van der Waals surface area contributed by atoms with Crippen molar-refractivity contribution in [1.82, 2.24) is 24.5 Å². The van der Waals surface area contributed by atoms with Crippen molar-refractivity contribution in [1.29, 1.82) is 0 Å². The Hall–Kier alpha value is -2.47. The minimum atomic E-state index is 0.281. The van der Waals surface area contributed by atoms with Crippen molar-refractivity contribution in [2.24, 2.45) is 5.92 Å². The van der Waals surface area contributed by atoms with Gasteiger partial charge >= 0.3 is 0 Å².